The summed E-state index contributed by atoms with van der Waals surface area (Å²) in [6.07, 6.45) is -0.560. The predicted octanol–water partition coefficient (Wildman–Crippen LogP) is -0.219. The maximum atomic E-state index is 8.11. The summed E-state index contributed by atoms with van der Waals surface area (Å²) in [5.74, 6) is 0. The molecule has 0 aliphatic rings. The second kappa shape index (κ2) is 5.21. The first-order valence-corrected chi connectivity index (χ1v) is 1.56. The minimum absolute atomic E-state index is 0. The first kappa shape index (κ1) is 9.51. The largest absolute Gasteiger partial charge is 0.394 e. The van der Waals surface area contributed by atoms with Crippen LogP contribution in [0.25, 0.3) is 0 Å². The Kier molecular flexibility index (Phi) is 8.26. The molecule has 6 heavy (non-hydrogen) atoms. The fourth-order valence-corrected chi connectivity index (χ4v) is 0. The van der Waals surface area contributed by atoms with Crippen LogP contribution in [0.15, 0.2) is 0 Å². The monoisotopic (exact) mass is 112 g/mol. The van der Waals surface area contributed by atoms with Gasteiger partial charge in [0.05, 0.1) is 12.7 Å². The lowest BCUT2D eigenvalue weighted by molar-refractivity contribution is 0.110. The highest BCUT2D eigenvalue weighted by Gasteiger charge is 1.83. The van der Waals surface area contributed by atoms with Gasteiger partial charge in [0, 0.05) is 0 Å². The summed E-state index contributed by atoms with van der Waals surface area (Å²) in [4.78, 5) is 0. The van der Waals surface area contributed by atoms with Crippen molar-refractivity contribution in [3.63, 3.8) is 0 Å². The normalized spacial score (nSPS) is 12.5. The molecule has 2 N–H and O–H groups in total. The van der Waals surface area contributed by atoms with Crippen molar-refractivity contribution < 1.29 is 10.2 Å². The molecule has 0 saturated carbocycles. The third kappa shape index (κ3) is 8.88. The van der Waals surface area contributed by atoms with E-state index in [1.807, 2.05) is 0 Å². The first-order chi connectivity index (χ1) is 2.27. The molecule has 3 heteroatoms. The quantitative estimate of drug-likeness (QED) is 0.493. The van der Waals surface area contributed by atoms with Crippen molar-refractivity contribution >= 4 is 12.4 Å². The molecule has 0 fully saturated rings. The maximum absolute atomic E-state index is 8.11. The molecule has 1 atom stereocenters. The van der Waals surface area contributed by atoms with Gasteiger partial charge in [-0.15, -0.1) is 12.4 Å². The van der Waals surface area contributed by atoms with Crippen LogP contribution in [-0.2, 0) is 0 Å². The Morgan fingerprint density at radius 2 is 1.83 bits per heavy atom. The Morgan fingerprint density at radius 3 is 1.83 bits per heavy atom. The zero-order valence-electron chi connectivity index (χ0n) is 3.59. The van der Waals surface area contributed by atoms with Gasteiger partial charge >= 0.3 is 0 Å². The summed E-state index contributed by atoms with van der Waals surface area (Å²) in [7, 11) is 0. The topological polar surface area (TPSA) is 40.5 Å². The predicted molar refractivity (Wildman–Crippen MR) is 26.0 cm³/mol. The van der Waals surface area contributed by atoms with Crippen LogP contribution in [0.5, 0.6) is 0 Å². The highest BCUT2D eigenvalue weighted by Crippen LogP contribution is 1.68. The van der Waals surface area contributed by atoms with Crippen molar-refractivity contribution in [3.8, 4) is 0 Å². The zero-order chi connectivity index (χ0) is 4.28. The second-order valence-corrected chi connectivity index (χ2v) is 1.03. The smallest absolute Gasteiger partial charge is 0.0742 e. The van der Waals surface area contributed by atoms with Crippen LogP contribution in [0.4, 0.5) is 0 Å². The van der Waals surface area contributed by atoms with Crippen LogP contribution in [0, 0.1) is 0 Å². The molecular formula is C3H9ClO2. The highest BCUT2D eigenvalue weighted by atomic mass is 35.5. The summed E-state index contributed by atoms with van der Waals surface area (Å²) < 4.78 is 0. The second-order valence-electron chi connectivity index (χ2n) is 1.03. The van der Waals surface area contributed by atoms with Gasteiger partial charge in [-0.2, -0.15) is 0 Å². The van der Waals surface area contributed by atoms with Crippen LogP contribution in [0.1, 0.15) is 6.92 Å². The molecule has 0 radical (unpaired) electrons. The third-order valence-corrected chi connectivity index (χ3v) is 0.264. The molecule has 0 aromatic heterocycles. The van der Waals surface area contributed by atoms with E-state index in [1.165, 1.54) is 6.92 Å². The van der Waals surface area contributed by atoms with Crippen LogP contribution in [0.2, 0.25) is 0 Å². The molecule has 0 aliphatic heterocycles. The molecule has 0 rings (SSSR count). The van der Waals surface area contributed by atoms with E-state index in [9.17, 15) is 0 Å². The van der Waals surface area contributed by atoms with Crippen molar-refractivity contribution in [1.29, 1.82) is 0 Å². The molecule has 0 amide bonds. The van der Waals surface area contributed by atoms with Gasteiger partial charge in [-0.25, -0.2) is 0 Å². The van der Waals surface area contributed by atoms with E-state index in [0.29, 0.717) is 0 Å². The minimum atomic E-state index is -0.560. The Hall–Kier alpha value is 0.210. The fourth-order valence-electron chi connectivity index (χ4n) is 0. The number of hydrogen-bond donors (Lipinski definition) is 2. The lowest BCUT2D eigenvalue weighted by Crippen LogP contribution is -2.03. The summed E-state index contributed by atoms with van der Waals surface area (Å²) in [5.41, 5.74) is 0. The van der Waals surface area contributed by atoms with Crippen molar-refractivity contribution in [3.05, 3.63) is 0 Å². The highest BCUT2D eigenvalue weighted by molar-refractivity contribution is 5.85. The molecule has 0 heterocycles. The molecule has 0 aromatic rings. The summed E-state index contributed by atoms with van der Waals surface area (Å²) in [6, 6.07) is 0. The van der Waals surface area contributed by atoms with Gasteiger partial charge in [0.25, 0.3) is 0 Å². The number of aliphatic hydroxyl groups excluding tert-OH is 2. The maximum Gasteiger partial charge on any atom is 0.0742 e. The Morgan fingerprint density at radius 1 is 1.67 bits per heavy atom. The molecule has 0 spiro atoms. The van der Waals surface area contributed by atoms with Gasteiger partial charge in [0.1, 0.15) is 0 Å². The molecule has 40 valence electrons. The average molecular weight is 113 g/mol. The van der Waals surface area contributed by atoms with Crippen LogP contribution in [0.3, 0.4) is 0 Å². The fraction of sp³-hybridized carbons (Fsp3) is 1.00. The van der Waals surface area contributed by atoms with Gasteiger partial charge in [-0.05, 0) is 6.92 Å². The van der Waals surface area contributed by atoms with Crippen LogP contribution < -0.4 is 0 Å². The van der Waals surface area contributed by atoms with Gasteiger partial charge in [0.15, 0.2) is 0 Å². The number of rotatable bonds is 1. The standard InChI is InChI=1S/C3H8O2.ClH/c1-3(5)2-4;/h3-5H,2H2,1H3;1H. The molecule has 0 aromatic carbocycles. The molecule has 0 bridgehead atoms. The van der Waals surface area contributed by atoms with E-state index < -0.39 is 6.10 Å². The van der Waals surface area contributed by atoms with Crippen molar-refractivity contribution in [2.45, 2.75) is 13.0 Å². The van der Waals surface area contributed by atoms with Crippen molar-refractivity contribution in [1.82, 2.24) is 0 Å². The van der Waals surface area contributed by atoms with Crippen LogP contribution in [-0.4, -0.2) is 22.9 Å². The summed E-state index contributed by atoms with van der Waals surface area (Å²) >= 11 is 0. The lowest BCUT2D eigenvalue weighted by Gasteiger charge is -1.90. The SMILES string of the molecule is CC(O)CO.Cl. The van der Waals surface area contributed by atoms with E-state index in [0.717, 1.165) is 0 Å². The Labute approximate surface area is 43.2 Å². The van der Waals surface area contributed by atoms with Crippen LogP contribution >= 0.6 is 12.4 Å². The van der Waals surface area contributed by atoms with Crippen molar-refractivity contribution in [2.24, 2.45) is 0 Å². The molecule has 1 unspecified atom stereocenters. The van der Waals surface area contributed by atoms with Gasteiger partial charge < -0.3 is 10.2 Å². The minimum Gasteiger partial charge on any atom is -0.394 e. The Balaban J connectivity index is 0. The zero-order valence-corrected chi connectivity index (χ0v) is 4.40. The van der Waals surface area contributed by atoms with E-state index >= 15 is 0 Å². The van der Waals surface area contributed by atoms with Gasteiger partial charge in [-0.1, -0.05) is 0 Å². The van der Waals surface area contributed by atoms with E-state index in [2.05, 4.69) is 0 Å². The summed E-state index contributed by atoms with van der Waals surface area (Å²) in [5, 5.41) is 16.0. The van der Waals surface area contributed by atoms with E-state index in [4.69, 9.17) is 10.2 Å². The molecule has 0 aliphatic carbocycles. The van der Waals surface area contributed by atoms with Crippen molar-refractivity contribution in [2.75, 3.05) is 6.61 Å². The van der Waals surface area contributed by atoms with E-state index in [1.54, 1.807) is 0 Å². The number of aliphatic hydroxyl groups is 2. The number of hydrogen-bond acceptors (Lipinski definition) is 2. The van der Waals surface area contributed by atoms with Gasteiger partial charge in [-0.3, -0.25) is 0 Å². The van der Waals surface area contributed by atoms with Gasteiger partial charge in [0.2, 0.25) is 0 Å². The average Bonchev–Trinajstić information content (AvgIpc) is 1.38. The molecule has 0 saturated heterocycles. The first-order valence-electron chi connectivity index (χ1n) is 1.56. The molecular weight excluding hydrogens is 103 g/mol. The number of halogens is 1. The van der Waals surface area contributed by atoms with E-state index in [-0.39, 0.29) is 19.0 Å². The lowest BCUT2D eigenvalue weighted by atomic mass is 10.5. The Bertz CT molecular complexity index is 22.8. The third-order valence-electron chi connectivity index (χ3n) is 0.264. The summed E-state index contributed by atoms with van der Waals surface area (Å²) in [6.45, 7) is 1.39. The molecule has 2 nitrogen and oxygen atoms in total.